The van der Waals surface area contributed by atoms with Crippen molar-refractivity contribution < 1.29 is 30.4 Å². The summed E-state index contributed by atoms with van der Waals surface area (Å²) in [4.78, 5) is 12.4. The van der Waals surface area contributed by atoms with Crippen LogP contribution in [-0.2, 0) is 20.0 Å². The molecule has 0 spiro atoms. The zero-order valence-electron chi connectivity index (χ0n) is 18.8. The third kappa shape index (κ3) is 5.84. The van der Waals surface area contributed by atoms with Gasteiger partial charge in [-0.05, 0) is 48.5 Å². The quantitative estimate of drug-likeness (QED) is 0.440. The molecule has 0 atom stereocenters. The summed E-state index contributed by atoms with van der Waals surface area (Å²) in [6.07, 6.45) is 0. The third-order valence-corrected chi connectivity index (χ3v) is 8.46. The lowest BCUT2D eigenvalue weighted by Gasteiger charge is -2.19. The Morgan fingerprint density at radius 2 is 1.51 bits per heavy atom. The van der Waals surface area contributed by atoms with Gasteiger partial charge in [0.25, 0.3) is 15.9 Å². The Labute approximate surface area is 202 Å². The maximum Gasteiger partial charge on any atom is 0.262 e. The fraction of sp³-hybridized carbons (Fsp3) is 0.174. The number of hydrogen-bond donors (Lipinski definition) is 2. The maximum absolute atomic E-state index is 13.5. The second kappa shape index (κ2) is 10.5. The summed E-state index contributed by atoms with van der Waals surface area (Å²) < 4.78 is 81.1. The molecule has 35 heavy (non-hydrogen) atoms. The maximum atomic E-state index is 13.5. The van der Waals surface area contributed by atoms with Crippen molar-refractivity contribution in [2.45, 2.75) is 23.6 Å². The number of anilines is 2. The lowest BCUT2D eigenvalue weighted by atomic mass is 10.1. The van der Waals surface area contributed by atoms with Crippen LogP contribution in [0.25, 0.3) is 0 Å². The molecule has 2 N–H and O–H groups in total. The molecule has 0 unspecified atom stereocenters. The minimum Gasteiger partial charge on any atom is -0.322 e. The number of hydrogen-bond acceptors (Lipinski definition) is 5. The average Bonchev–Trinajstić information content (AvgIpc) is 2.81. The average molecular weight is 524 g/mol. The second-order valence-corrected chi connectivity index (χ2v) is 10.9. The molecule has 0 saturated carbocycles. The highest BCUT2D eigenvalue weighted by atomic mass is 32.2. The number of nitrogens with one attached hydrogen (secondary N) is 2. The number of sulfonamides is 2. The van der Waals surface area contributed by atoms with E-state index >= 15 is 0 Å². The first-order valence-corrected chi connectivity index (χ1v) is 13.4. The van der Waals surface area contributed by atoms with Crippen molar-refractivity contribution in [3.8, 4) is 0 Å². The Bertz CT molecular complexity index is 1460. The predicted octanol–water partition coefficient (Wildman–Crippen LogP) is 4.05. The Morgan fingerprint density at radius 1 is 0.829 bits per heavy atom. The molecule has 0 radical (unpaired) electrons. The molecule has 0 aliphatic carbocycles. The van der Waals surface area contributed by atoms with E-state index in [0.29, 0.717) is 12.1 Å². The van der Waals surface area contributed by atoms with Crippen LogP contribution in [0.3, 0.4) is 0 Å². The molecular formula is C23H23F2N3O5S2. The van der Waals surface area contributed by atoms with Gasteiger partial charge in [-0.3, -0.25) is 9.52 Å². The molecule has 3 aromatic rings. The topological polar surface area (TPSA) is 113 Å². The highest BCUT2D eigenvalue weighted by Crippen LogP contribution is 2.24. The Hall–Kier alpha value is -3.35. The second-order valence-electron chi connectivity index (χ2n) is 7.30. The standard InChI is InChI=1S/C23H23F2N3O5S2/c1-3-28(4-2)35(32,33)18-9-7-8-16(14-18)26-23(29)19-10-5-6-11-22(19)27-34(30,31)17-12-13-20(24)21(25)15-17/h5-15,27H,3-4H2,1-2H3,(H,26,29). The number of rotatable bonds is 9. The minimum atomic E-state index is -4.34. The highest BCUT2D eigenvalue weighted by Gasteiger charge is 2.23. The van der Waals surface area contributed by atoms with Crippen molar-refractivity contribution in [1.82, 2.24) is 4.31 Å². The van der Waals surface area contributed by atoms with E-state index in [1.54, 1.807) is 13.8 Å². The van der Waals surface area contributed by atoms with E-state index in [-0.39, 0.29) is 34.9 Å². The zero-order chi connectivity index (χ0) is 25.8. The molecule has 0 aliphatic heterocycles. The van der Waals surface area contributed by atoms with Gasteiger partial charge in [0.15, 0.2) is 11.6 Å². The van der Waals surface area contributed by atoms with Crippen molar-refractivity contribution in [3.63, 3.8) is 0 Å². The summed E-state index contributed by atoms with van der Waals surface area (Å²) >= 11 is 0. The van der Waals surface area contributed by atoms with Crippen LogP contribution < -0.4 is 10.0 Å². The molecule has 0 saturated heterocycles. The monoisotopic (exact) mass is 523 g/mol. The summed E-state index contributed by atoms with van der Waals surface area (Å²) in [6.45, 7) is 3.98. The molecule has 186 valence electrons. The molecule has 3 rings (SSSR count). The molecule has 0 fully saturated rings. The van der Waals surface area contributed by atoms with Crippen LogP contribution in [0.1, 0.15) is 24.2 Å². The summed E-state index contributed by atoms with van der Waals surface area (Å²) in [5, 5.41) is 2.56. The Morgan fingerprint density at radius 3 is 2.17 bits per heavy atom. The van der Waals surface area contributed by atoms with Crippen LogP contribution in [-0.4, -0.2) is 40.1 Å². The van der Waals surface area contributed by atoms with Crippen LogP contribution in [0.15, 0.2) is 76.5 Å². The highest BCUT2D eigenvalue weighted by molar-refractivity contribution is 7.92. The van der Waals surface area contributed by atoms with E-state index < -0.39 is 42.5 Å². The fourth-order valence-corrected chi connectivity index (χ4v) is 5.86. The molecule has 0 aromatic heterocycles. The lowest BCUT2D eigenvalue weighted by Crippen LogP contribution is -2.30. The van der Waals surface area contributed by atoms with Gasteiger partial charge >= 0.3 is 0 Å². The van der Waals surface area contributed by atoms with Crippen LogP contribution in [0.4, 0.5) is 20.2 Å². The molecule has 0 bridgehead atoms. The summed E-state index contributed by atoms with van der Waals surface area (Å²) in [7, 11) is -8.10. The number of halogens is 2. The summed E-state index contributed by atoms with van der Waals surface area (Å²) in [6, 6.07) is 13.5. The van der Waals surface area contributed by atoms with Crippen LogP contribution in [0, 0.1) is 11.6 Å². The van der Waals surface area contributed by atoms with Gasteiger partial charge in [0.2, 0.25) is 10.0 Å². The number of carbonyl (C=O) groups is 1. The van der Waals surface area contributed by atoms with Crippen molar-refractivity contribution >= 4 is 37.3 Å². The zero-order valence-corrected chi connectivity index (χ0v) is 20.5. The van der Waals surface area contributed by atoms with Gasteiger partial charge in [-0.15, -0.1) is 0 Å². The van der Waals surface area contributed by atoms with E-state index in [0.717, 1.165) is 6.07 Å². The van der Waals surface area contributed by atoms with Crippen molar-refractivity contribution in [3.05, 3.63) is 83.9 Å². The van der Waals surface area contributed by atoms with Gasteiger partial charge in [-0.2, -0.15) is 4.31 Å². The molecule has 12 heteroatoms. The van der Waals surface area contributed by atoms with Gasteiger partial charge in [0, 0.05) is 18.8 Å². The Balaban J connectivity index is 1.88. The normalized spacial score (nSPS) is 11.9. The predicted molar refractivity (Wildman–Crippen MR) is 128 cm³/mol. The van der Waals surface area contributed by atoms with Gasteiger partial charge in [-0.1, -0.05) is 32.0 Å². The summed E-state index contributed by atoms with van der Waals surface area (Å²) in [5.74, 6) is -3.25. The molecule has 3 aromatic carbocycles. The minimum absolute atomic E-state index is 0.00803. The van der Waals surface area contributed by atoms with Gasteiger partial charge in [0.1, 0.15) is 0 Å². The first kappa shape index (κ1) is 26.3. The molecule has 8 nitrogen and oxygen atoms in total. The number of benzene rings is 3. The van der Waals surface area contributed by atoms with Crippen molar-refractivity contribution in [2.75, 3.05) is 23.1 Å². The number of amides is 1. The third-order valence-electron chi connectivity index (χ3n) is 5.05. The largest absolute Gasteiger partial charge is 0.322 e. The SMILES string of the molecule is CCN(CC)S(=O)(=O)c1cccc(NC(=O)c2ccccc2NS(=O)(=O)c2ccc(F)c(F)c2)c1. The van der Waals surface area contributed by atoms with E-state index in [4.69, 9.17) is 0 Å². The fourth-order valence-electron chi connectivity index (χ4n) is 3.26. The Kier molecular flexibility index (Phi) is 7.88. The smallest absolute Gasteiger partial charge is 0.262 e. The molecular weight excluding hydrogens is 500 g/mol. The van der Waals surface area contributed by atoms with Gasteiger partial charge in [-0.25, -0.2) is 25.6 Å². The number of para-hydroxylation sites is 1. The van der Waals surface area contributed by atoms with E-state index in [1.165, 1.54) is 52.8 Å². The van der Waals surface area contributed by atoms with Gasteiger partial charge < -0.3 is 5.32 Å². The first-order chi connectivity index (χ1) is 16.5. The van der Waals surface area contributed by atoms with E-state index in [9.17, 15) is 30.4 Å². The first-order valence-electron chi connectivity index (χ1n) is 10.5. The summed E-state index contributed by atoms with van der Waals surface area (Å²) in [5.41, 5.74) is -0.00110. The van der Waals surface area contributed by atoms with Crippen molar-refractivity contribution in [1.29, 1.82) is 0 Å². The van der Waals surface area contributed by atoms with Crippen LogP contribution in [0.2, 0.25) is 0 Å². The molecule has 0 aliphatic rings. The number of nitrogens with zero attached hydrogens (tertiary/aromatic N) is 1. The van der Waals surface area contributed by atoms with E-state index in [2.05, 4.69) is 10.0 Å². The molecule has 0 heterocycles. The van der Waals surface area contributed by atoms with Gasteiger partial charge in [0.05, 0.1) is 21.0 Å². The molecule has 1 amide bonds. The van der Waals surface area contributed by atoms with Crippen LogP contribution in [0.5, 0.6) is 0 Å². The van der Waals surface area contributed by atoms with E-state index in [1.807, 2.05) is 0 Å². The lowest BCUT2D eigenvalue weighted by molar-refractivity contribution is 0.102. The van der Waals surface area contributed by atoms with Crippen LogP contribution >= 0.6 is 0 Å². The number of carbonyl (C=O) groups excluding carboxylic acids is 1. The van der Waals surface area contributed by atoms with Crippen molar-refractivity contribution in [2.24, 2.45) is 0 Å².